The first kappa shape index (κ1) is 18.8. The number of nitrogens with zero attached hydrogens (tertiary/aromatic N) is 3. The number of halogens is 2. The van der Waals surface area contributed by atoms with E-state index in [4.69, 9.17) is 4.52 Å². The Labute approximate surface area is 160 Å². The molecule has 148 valence electrons. The summed E-state index contributed by atoms with van der Waals surface area (Å²) in [7, 11) is -3.86. The summed E-state index contributed by atoms with van der Waals surface area (Å²) in [5.41, 5.74) is 1.77. The van der Waals surface area contributed by atoms with Crippen molar-refractivity contribution < 1.29 is 21.7 Å². The lowest BCUT2D eigenvalue weighted by Gasteiger charge is -2.24. The summed E-state index contributed by atoms with van der Waals surface area (Å²) in [6.45, 7) is 3.10. The zero-order valence-corrected chi connectivity index (χ0v) is 16.1. The molecule has 1 N–H and O–H groups in total. The van der Waals surface area contributed by atoms with E-state index in [-0.39, 0.29) is 22.0 Å². The zero-order valence-electron chi connectivity index (χ0n) is 15.2. The van der Waals surface area contributed by atoms with Crippen LogP contribution in [-0.4, -0.2) is 23.4 Å². The van der Waals surface area contributed by atoms with E-state index in [9.17, 15) is 17.2 Å². The highest BCUT2D eigenvalue weighted by molar-refractivity contribution is 7.89. The van der Waals surface area contributed by atoms with E-state index in [0.29, 0.717) is 30.5 Å². The van der Waals surface area contributed by atoms with Crippen molar-refractivity contribution in [2.45, 2.75) is 44.0 Å². The molecule has 0 bridgehead atoms. The van der Waals surface area contributed by atoms with Gasteiger partial charge in [-0.1, -0.05) is 5.16 Å². The van der Waals surface area contributed by atoms with Crippen molar-refractivity contribution in [1.82, 2.24) is 19.7 Å². The molecule has 1 aliphatic rings. The number of hydrogen-bond donors (Lipinski definition) is 1. The van der Waals surface area contributed by atoms with E-state index < -0.39 is 27.7 Å². The van der Waals surface area contributed by atoms with Gasteiger partial charge in [-0.25, -0.2) is 26.6 Å². The normalized spacial score (nSPS) is 16.9. The average Bonchev–Trinajstić information content (AvgIpc) is 3.19. The van der Waals surface area contributed by atoms with Crippen molar-refractivity contribution in [3.8, 4) is 5.69 Å². The lowest BCUT2D eigenvalue weighted by atomic mass is 9.94. The largest absolute Gasteiger partial charge is 0.360 e. The van der Waals surface area contributed by atoms with Crippen LogP contribution in [0.3, 0.4) is 0 Å². The maximum atomic E-state index is 14.2. The van der Waals surface area contributed by atoms with Crippen molar-refractivity contribution in [3.05, 3.63) is 58.7 Å². The molecule has 0 unspecified atom stereocenters. The third kappa shape index (κ3) is 3.12. The van der Waals surface area contributed by atoms with Gasteiger partial charge in [-0.15, -0.1) is 0 Å². The molecule has 2 heterocycles. The van der Waals surface area contributed by atoms with E-state index in [2.05, 4.69) is 15.0 Å². The van der Waals surface area contributed by atoms with Gasteiger partial charge in [0.2, 0.25) is 10.0 Å². The van der Waals surface area contributed by atoms with Crippen LogP contribution in [0.4, 0.5) is 8.78 Å². The highest BCUT2D eigenvalue weighted by atomic mass is 32.2. The molecule has 0 amide bonds. The Bertz CT molecular complexity index is 1130. The Morgan fingerprint density at radius 1 is 1.29 bits per heavy atom. The van der Waals surface area contributed by atoms with Crippen molar-refractivity contribution in [2.24, 2.45) is 0 Å². The van der Waals surface area contributed by atoms with Gasteiger partial charge in [-0.05, 0) is 45.2 Å². The molecule has 28 heavy (non-hydrogen) atoms. The first-order valence-corrected chi connectivity index (χ1v) is 10.2. The van der Waals surface area contributed by atoms with Gasteiger partial charge in [0.05, 0.1) is 12.2 Å². The van der Waals surface area contributed by atoms with Gasteiger partial charge >= 0.3 is 0 Å². The van der Waals surface area contributed by atoms with Crippen LogP contribution in [0.2, 0.25) is 0 Å². The highest BCUT2D eigenvalue weighted by Crippen LogP contribution is 2.33. The average molecular weight is 408 g/mol. The first-order chi connectivity index (χ1) is 13.3. The monoisotopic (exact) mass is 408 g/mol. The molecule has 0 saturated carbocycles. The van der Waals surface area contributed by atoms with Crippen molar-refractivity contribution in [3.63, 3.8) is 0 Å². The van der Waals surface area contributed by atoms with Crippen molar-refractivity contribution in [2.75, 3.05) is 0 Å². The second kappa shape index (κ2) is 6.78. The van der Waals surface area contributed by atoms with Crippen molar-refractivity contribution in [1.29, 1.82) is 0 Å². The highest BCUT2D eigenvalue weighted by Gasteiger charge is 2.32. The molecule has 0 aliphatic heterocycles. The molecular weight excluding hydrogens is 390 g/mol. The lowest BCUT2D eigenvalue weighted by Crippen LogP contribution is -2.31. The summed E-state index contributed by atoms with van der Waals surface area (Å²) in [5, 5.41) is 7.92. The van der Waals surface area contributed by atoms with Crippen LogP contribution in [0.25, 0.3) is 5.69 Å². The summed E-state index contributed by atoms with van der Waals surface area (Å²) in [4.78, 5) is 0.0246. The van der Waals surface area contributed by atoms with Gasteiger partial charge in [0, 0.05) is 17.3 Å². The van der Waals surface area contributed by atoms with Gasteiger partial charge in [0.25, 0.3) is 0 Å². The van der Waals surface area contributed by atoms with Crippen LogP contribution in [0.15, 0.2) is 33.8 Å². The van der Waals surface area contributed by atoms with Crippen LogP contribution < -0.4 is 4.72 Å². The fourth-order valence-electron chi connectivity index (χ4n) is 3.64. The van der Waals surface area contributed by atoms with Crippen LogP contribution in [0.5, 0.6) is 0 Å². The maximum absolute atomic E-state index is 14.2. The van der Waals surface area contributed by atoms with E-state index in [1.165, 1.54) is 23.9 Å². The molecule has 1 aromatic carbocycles. The predicted octanol–water partition coefficient (Wildman–Crippen LogP) is 3.11. The molecule has 1 atom stereocenters. The van der Waals surface area contributed by atoms with Gasteiger partial charge in [-0.2, -0.15) is 5.10 Å². The Balaban J connectivity index is 1.70. The number of aryl methyl sites for hydroxylation is 2. The molecule has 0 saturated heterocycles. The number of aromatic nitrogens is 3. The minimum absolute atomic E-state index is 0.0246. The maximum Gasteiger partial charge on any atom is 0.246 e. The fraction of sp³-hybridized carbons (Fsp3) is 0.333. The number of fused-ring (bicyclic) bond motifs is 1. The molecule has 0 fully saturated rings. The van der Waals surface area contributed by atoms with Crippen molar-refractivity contribution >= 4 is 10.0 Å². The third-order valence-electron chi connectivity index (χ3n) is 4.85. The minimum Gasteiger partial charge on any atom is -0.360 e. The number of benzene rings is 1. The SMILES string of the molecule is Cc1noc(C)c1S(=O)(=O)N[C@H]1CCCc2c1cnn2-c1ccc(F)cc1F. The number of sulfonamides is 1. The van der Waals surface area contributed by atoms with Gasteiger partial charge in [0.1, 0.15) is 22.1 Å². The molecule has 1 aliphatic carbocycles. The molecule has 3 aromatic rings. The Hall–Kier alpha value is -2.59. The Morgan fingerprint density at radius 3 is 2.75 bits per heavy atom. The summed E-state index contributed by atoms with van der Waals surface area (Å²) in [6, 6.07) is 2.76. The molecule has 7 nitrogen and oxygen atoms in total. The van der Waals surface area contributed by atoms with Crippen LogP contribution in [0.1, 0.15) is 41.6 Å². The fourth-order valence-corrected chi connectivity index (χ4v) is 5.22. The smallest absolute Gasteiger partial charge is 0.246 e. The zero-order chi connectivity index (χ0) is 20.1. The van der Waals surface area contributed by atoms with E-state index >= 15 is 0 Å². The summed E-state index contributed by atoms with van der Waals surface area (Å²) in [5.74, 6) is -1.19. The molecule has 0 spiro atoms. The molecular formula is C18H18F2N4O3S. The summed E-state index contributed by atoms with van der Waals surface area (Å²) < 4.78 is 62.2. The number of hydrogen-bond acceptors (Lipinski definition) is 5. The van der Waals surface area contributed by atoms with E-state index in [0.717, 1.165) is 12.1 Å². The van der Waals surface area contributed by atoms with Gasteiger partial charge in [0.15, 0.2) is 11.6 Å². The molecule has 10 heteroatoms. The standard InChI is InChI=1S/C18H18F2N4O3S/c1-10-18(11(2)27-22-10)28(25,26)23-15-4-3-5-16-13(15)9-21-24(16)17-7-6-12(19)8-14(17)20/h6-9,15,23H,3-5H2,1-2H3/t15-/m0/s1. The lowest BCUT2D eigenvalue weighted by molar-refractivity contribution is 0.390. The van der Waals surface area contributed by atoms with Crippen LogP contribution in [-0.2, 0) is 16.4 Å². The Kier molecular flexibility index (Phi) is 4.54. The molecule has 4 rings (SSSR count). The van der Waals surface area contributed by atoms with Crippen LogP contribution >= 0.6 is 0 Å². The van der Waals surface area contributed by atoms with E-state index in [1.807, 2.05) is 0 Å². The summed E-state index contributed by atoms with van der Waals surface area (Å²) in [6.07, 6.45) is 3.40. The number of rotatable bonds is 4. The second-order valence-electron chi connectivity index (χ2n) is 6.77. The number of nitrogens with one attached hydrogen (secondary N) is 1. The minimum atomic E-state index is -3.86. The van der Waals surface area contributed by atoms with Gasteiger partial charge in [-0.3, -0.25) is 0 Å². The summed E-state index contributed by atoms with van der Waals surface area (Å²) >= 11 is 0. The third-order valence-corrected chi connectivity index (χ3v) is 6.57. The molecule has 2 aromatic heterocycles. The molecule has 0 radical (unpaired) electrons. The topological polar surface area (TPSA) is 90.0 Å². The van der Waals surface area contributed by atoms with E-state index in [1.54, 1.807) is 6.92 Å². The second-order valence-corrected chi connectivity index (χ2v) is 8.42. The quantitative estimate of drug-likeness (QED) is 0.716. The van der Waals surface area contributed by atoms with Gasteiger partial charge < -0.3 is 4.52 Å². The first-order valence-electron chi connectivity index (χ1n) is 8.75. The Morgan fingerprint density at radius 2 is 2.07 bits per heavy atom. The predicted molar refractivity (Wildman–Crippen MR) is 95.5 cm³/mol. The van der Waals surface area contributed by atoms with Crippen LogP contribution in [0, 0.1) is 25.5 Å².